The van der Waals surface area contributed by atoms with Gasteiger partial charge in [0.15, 0.2) is 6.29 Å². The van der Waals surface area contributed by atoms with E-state index in [1.807, 2.05) is 6.92 Å². The quantitative estimate of drug-likeness (QED) is 0.570. The zero-order valence-corrected chi connectivity index (χ0v) is 7.29. The first-order valence-corrected chi connectivity index (χ1v) is 4.15. The zero-order valence-electron chi connectivity index (χ0n) is 7.29. The molecule has 0 saturated carbocycles. The lowest BCUT2D eigenvalue weighted by Gasteiger charge is -2.16. The van der Waals surface area contributed by atoms with E-state index in [0.29, 0.717) is 6.42 Å². The molecule has 3 heteroatoms. The van der Waals surface area contributed by atoms with Gasteiger partial charge in [0.25, 0.3) is 0 Å². The summed E-state index contributed by atoms with van der Waals surface area (Å²) in [6.45, 7) is 3.96. The van der Waals surface area contributed by atoms with Crippen LogP contribution in [0.2, 0.25) is 0 Å². The van der Waals surface area contributed by atoms with E-state index in [4.69, 9.17) is 14.9 Å². The third kappa shape index (κ3) is 6.28. The van der Waals surface area contributed by atoms with Crippen LogP contribution in [0.1, 0.15) is 33.1 Å². The molecule has 0 bridgehead atoms. The average molecular weight is 162 g/mol. The number of aliphatic hydroxyl groups is 2. The Morgan fingerprint density at radius 3 is 2.45 bits per heavy atom. The van der Waals surface area contributed by atoms with Crippen molar-refractivity contribution in [2.75, 3.05) is 6.61 Å². The van der Waals surface area contributed by atoms with Crippen LogP contribution in [-0.2, 0) is 4.74 Å². The Balaban J connectivity index is 3.32. The predicted octanol–water partition coefficient (Wildman–Crippen LogP) is 0.892. The van der Waals surface area contributed by atoms with Crippen molar-refractivity contribution in [3.63, 3.8) is 0 Å². The molecule has 0 aliphatic carbocycles. The van der Waals surface area contributed by atoms with Crippen LogP contribution in [0.4, 0.5) is 0 Å². The maximum atomic E-state index is 9.06. The third-order valence-corrected chi connectivity index (χ3v) is 1.46. The second-order valence-corrected chi connectivity index (χ2v) is 2.70. The maximum absolute atomic E-state index is 9.06. The molecular weight excluding hydrogens is 144 g/mol. The molecule has 0 saturated heterocycles. The summed E-state index contributed by atoms with van der Waals surface area (Å²) in [4.78, 5) is 0. The second kappa shape index (κ2) is 6.58. The first-order chi connectivity index (χ1) is 5.20. The van der Waals surface area contributed by atoms with Gasteiger partial charge < -0.3 is 14.9 Å². The Hall–Kier alpha value is -0.120. The number of aliphatic hydroxyl groups excluding tert-OH is 2. The highest BCUT2D eigenvalue weighted by Crippen LogP contribution is 2.04. The van der Waals surface area contributed by atoms with E-state index in [2.05, 4.69) is 6.92 Å². The monoisotopic (exact) mass is 162 g/mol. The molecule has 0 aromatic heterocycles. The van der Waals surface area contributed by atoms with Gasteiger partial charge in [-0.2, -0.15) is 0 Å². The van der Waals surface area contributed by atoms with Crippen molar-refractivity contribution < 1.29 is 14.9 Å². The van der Waals surface area contributed by atoms with Gasteiger partial charge in [0.1, 0.15) is 0 Å². The van der Waals surface area contributed by atoms with Crippen LogP contribution in [0, 0.1) is 0 Å². The molecular formula is C8H18O3. The van der Waals surface area contributed by atoms with Crippen LogP contribution in [0.15, 0.2) is 0 Å². The lowest BCUT2D eigenvalue weighted by atomic mass is 10.2. The van der Waals surface area contributed by atoms with Gasteiger partial charge >= 0.3 is 0 Å². The van der Waals surface area contributed by atoms with E-state index in [9.17, 15) is 0 Å². The summed E-state index contributed by atoms with van der Waals surface area (Å²) in [5.74, 6) is 0. The molecule has 0 fully saturated rings. The average Bonchev–Trinajstić information content (AvgIpc) is 1.87. The van der Waals surface area contributed by atoms with Gasteiger partial charge in [-0.05, 0) is 13.3 Å². The summed E-state index contributed by atoms with van der Waals surface area (Å²) in [6.07, 6.45) is 1.58. The molecule has 0 spiro atoms. The number of hydrogen-bond acceptors (Lipinski definition) is 3. The number of rotatable bonds is 6. The Morgan fingerprint density at radius 2 is 2.00 bits per heavy atom. The molecule has 0 aliphatic heterocycles. The van der Waals surface area contributed by atoms with Crippen molar-refractivity contribution >= 4 is 0 Å². The normalized spacial score (nSPS) is 16.4. The molecule has 2 N–H and O–H groups in total. The van der Waals surface area contributed by atoms with Crippen molar-refractivity contribution in [1.82, 2.24) is 0 Å². The summed E-state index contributed by atoms with van der Waals surface area (Å²) in [5, 5.41) is 17.5. The minimum atomic E-state index is -0.804. The molecule has 0 rings (SSSR count). The standard InChI is InChI=1S/C8H18O3/c1-3-4-7(2)11-8(10)5-6-9/h7-10H,3-6H2,1-2H3. The van der Waals surface area contributed by atoms with Crippen LogP contribution in [0.25, 0.3) is 0 Å². The van der Waals surface area contributed by atoms with E-state index in [1.54, 1.807) is 0 Å². The zero-order chi connectivity index (χ0) is 8.69. The minimum Gasteiger partial charge on any atom is -0.396 e. The van der Waals surface area contributed by atoms with E-state index >= 15 is 0 Å². The fourth-order valence-electron chi connectivity index (χ4n) is 0.921. The van der Waals surface area contributed by atoms with Gasteiger partial charge in [0.2, 0.25) is 0 Å². The lowest BCUT2D eigenvalue weighted by molar-refractivity contribution is -0.139. The fraction of sp³-hybridized carbons (Fsp3) is 1.00. The molecule has 68 valence electrons. The van der Waals surface area contributed by atoms with Crippen LogP contribution < -0.4 is 0 Å². The van der Waals surface area contributed by atoms with Gasteiger partial charge in [0.05, 0.1) is 6.10 Å². The summed E-state index contributed by atoms with van der Waals surface area (Å²) >= 11 is 0. The highest BCUT2D eigenvalue weighted by atomic mass is 16.6. The molecule has 3 nitrogen and oxygen atoms in total. The van der Waals surface area contributed by atoms with E-state index < -0.39 is 6.29 Å². The largest absolute Gasteiger partial charge is 0.396 e. The maximum Gasteiger partial charge on any atom is 0.157 e. The van der Waals surface area contributed by atoms with E-state index in [-0.39, 0.29) is 12.7 Å². The van der Waals surface area contributed by atoms with Crippen LogP contribution in [-0.4, -0.2) is 29.2 Å². The number of hydrogen-bond donors (Lipinski definition) is 2. The predicted molar refractivity (Wildman–Crippen MR) is 43.2 cm³/mol. The van der Waals surface area contributed by atoms with Crippen LogP contribution >= 0.6 is 0 Å². The Bertz CT molecular complexity index is 75.4. The smallest absolute Gasteiger partial charge is 0.157 e. The van der Waals surface area contributed by atoms with Crippen molar-refractivity contribution in [3.8, 4) is 0 Å². The van der Waals surface area contributed by atoms with Gasteiger partial charge in [-0.15, -0.1) is 0 Å². The minimum absolute atomic E-state index is 0.0278. The SMILES string of the molecule is CCCC(C)OC(O)CCO. The van der Waals surface area contributed by atoms with Gasteiger partial charge in [-0.1, -0.05) is 13.3 Å². The van der Waals surface area contributed by atoms with Gasteiger partial charge in [0, 0.05) is 13.0 Å². The first-order valence-electron chi connectivity index (χ1n) is 4.15. The molecule has 0 aliphatic rings. The van der Waals surface area contributed by atoms with Crippen molar-refractivity contribution in [2.45, 2.75) is 45.5 Å². The highest BCUT2D eigenvalue weighted by Gasteiger charge is 2.07. The Kier molecular flexibility index (Phi) is 6.51. The molecule has 0 aromatic rings. The molecule has 0 amide bonds. The van der Waals surface area contributed by atoms with Gasteiger partial charge in [-0.3, -0.25) is 0 Å². The molecule has 0 aromatic carbocycles. The third-order valence-electron chi connectivity index (χ3n) is 1.46. The summed E-state index contributed by atoms with van der Waals surface area (Å²) < 4.78 is 5.13. The Morgan fingerprint density at radius 1 is 1.36 bits per heavy atom. The summed E-state index contributed by atoms with van der Waals surface area (Å²) in [7, 11) is 0. The molecule has 0 heterocycles. The van der Waals surface area contributed by atoms with Crippen LogP contribution in [0.3, 0.4) is 0 Å². The van der Waals surface area contributed by atoms with Crippen molar-refractivity contribution in [2.24, 2.45) is 0 Å². The molecule has 0 radical (unpaired) electrons. The molecule has 11 heavy (non-hydrogen) atoms. The van der Waals surface area contributed by atoms with E-state index in [0.717, 1.165) is 12.8 Å². The Labute approximate surface area is 68.0 Å². The fourth-order valence-corrected chi connectivity index (χ4v) is 0.921. The first kappa shape index (κ1) is 10.9. The topological polar surface area (TPSA) is 49.7 Å². The number of ether oxygens (including phenoxy) is 1. The van der Waals surface area contributed by atoms with Crippen LogP contribution in [0.5, 0.6) is 0 Å². The lowest BCUT2D eigenvalue weighted by Crippen LogP contribution is -2.20. The second-order valence-electron chi connectivity index (χ2n) is 2.70. The van der Waals surface area contributed by atoms with E-state index in [1.165, 1.54) is 0 Å². The molecule has 2 unspecified atom stereocenters. The van der Waals surface area contributed by atoms with Gasteiger partial charge in [-0.25, -0.2) is 0 Å². The summed E-state index contributed by atoms with van der Waals surface area (Å²) in [6, 6.07) is 0. The van der Waals surface area contributed by atoms with Crippen molar-refractivity contribution in [1.29, 1.82) is 0 Å². The van der Waals surface area contributed by atoms with Crippen molar-refractivity contribution in [3.05, 3.63) is 0 Å². The highest BCUT2D eigenvalue weighted by molar-refractivity contribution is 4.50. The molecule has 2 atom stereocenters. The summed E-state index contributed by atoms with van der Waals surface area (Å²) in [5.41, 5.74) is 0.